The van der Waals surface area contributed by atoms with Crippen LogP contribution in [0.4, 0.5) is 11.5 Å². The van der Waals surface area contributed by atoms with Crippen LogP contribution in [0.3, 0.4) is 0 Å². The zero-order chi connectivity index (χ0) is 27.9. The fourth-order valence-electron chi connectivity index (χ4n) is 6.42. The van der Waals surface area contributed by atoms with Crippen molar-refractivity contribution in [1.29, 1.82) is 0 Å². The summed E-state index contributed by atoms with van der Waals surface area (Å²) in [6.07, 6.45) is 10.2. The molecule has 1 atom stereocenters. The van der Waals surface area contributed by atoms with Gasteiger partial charge >= 0.3 is 5.97 Å². The van der Waals surface area contributed by atoms with E-state index in [0.29, 0.717) is 29.7 Å². The highest BCUT2D eigenvalue weighted by atomic mass is 35.5. The molecule has 9 nitrogen and oxygen atoms in total. The number of aromatic nitrogens is 3. The number of benzene rings is 1. The van der Waals surface area contributed by atoms with Crippen LogP contribution in [-0.4, -0.2) is 69.4 Å². The van der Waals surface area contributed by atoms with Crippen molar-refractivity contribution in [3.63, 3.8) is 0 Å². The molecule has 1 unspecified atom stereocenters. The van der Waals surface area contributed by atoms with Crippen molar-refractivity contribution >= 4 is 35.0 Å². The van der Waals surface area contributed by atoms with Gasteiger partial charge in [0.25, 0.3) is 5.91 Å². The third kappa shape index (κ3) is 5.08. The second kappa shape index (κ2) is 10.9. The largest absolute Gasteiger partial charge is 0.481 e. The molecule has 6 rings (SSSR count). The van der Waals surface area contributed by atoms with E-state index in [1.807, 2.05) is 30.5 Å². The fourth-order valence-corrected chi connectivity index (χ4v) is 6.54. The summed E-state index contributed by atoms with van der Waals surface area (Å²) >= 11 is 5.99. The molecule has 40 heavy (non-hydrogen) atoms. The Balaban J connectivity index is 1.05. The van der Waals surface area contributed by atoms with E-state index in [1.165, 1.54) is 0 Å². The molecule has 3 aromatic rings. The highest BCUT2D eigenvalue weighted by Crippen LogP contribution is 2.40. The van der Waals surface area contributed by atoms with Gasteiger partial charge in [-0.2, -0.15) is 5.10 Å². The van der Waals surface area contributed by atoms with Crippen molar-refractivity contribution in [2.24, 2.45) is 5.41 Å². The standard InChI is InChI=1S/C30H35ClN6O3/c1-34(16-14-30(29(39)40)12-3-2-4-13-30)25-11-15-35(20-25)26-10-9-24(17-32-26)36-18-21-19-37(33-27(21)28(36)38)23-7-5-22(31)6-8-23/h5-10,17,19,25H,2-4,11-16,18,20H2,1H3,(H,39,40). The van der Waals surface area contributed by atoms with Crippen molar-refractivity contribution in [3.8, 4) is 5.69 Å². The number of rotatable bonds is 8. The molecule has 1 N–H and O–H groups in total. The van der Waals surface area contributed by atoms with Gasteiger partial charge in [-0.1, -0.05) is 30.9 Å². The number of carbonyl (C=O) groups is 2. The maximum Gasteiger partial charge on any atom is 0.309 e. The highest BCUT2D eigenvalue weighted by Gasteiger charge is 2.40. The first-order valence-electron chi connectivity index (χ1n) is 14.1. The van der Waals surface area contributed by atoms with Gasteiger partial charge in [-0.25, -0.2) is 9.67 Å². The van der Waals surface area contributed by atoms with Crippen LogP contribution < -0.4 is 9.80 Å². The monoisotopic (exact) mass is 562 g/mol. The van der Waals surface area contributed by atoms with Crippen LogP contribution in [0.1, 0.15) is 61.0 Å². The lowest BCUT2D eigenvalue weighted by Gasteiger charge is -2.35. The Morgan fingerprint density at radius 2 is 1.88 bits per heavy atom. The van der Waals surface area contributed by atoms with Gasteiger partial charge in [-0.05, 0) is 75.7 Å². The number of hydrogen-bond donors (Lipinski definition) is 1. The van der Waals surface area contributed by atoms with Gasteiger partial charge in [0, 0.05) is 35.9 Å². The van der Waals surface area contributed by atoms with Crippen molar-refractivity contribution < 1.29 is 14.7 Å². The Bertz CT molecular complexity index is 1380. The molecule has 2 aromatic heterocycles. The van der Waals surface area contributed by atoms with Crippen molar-refractivity contribution in [3.05, 3.63) is 65.1 Å². The predicted molar refractivity (Wildman–Crippen MR) is 154 cm³/mol. The van der Waals surface area contributed by atoms with Gasteiger partial charge in [-0.3, -0.25) is 9.59 Å². The minimum atomic E-state index is -0.625. The Morgan fingerprint density at radius 1 is 1.12 bits per heavy atom. The number of aliphatic carboxylic acids is 1. The van der Waals surface area contributed by atoms with Gasteiger partial charge < -0.3 is 19.8 Å². The van der Waals surface area contributed by atoms with Crippen LogP contribution >= 0.6 is 11.6 Å². The number of halogens is 1. The lowest BCUT2D eigenvalue weighted by molar-refractivity contribution is -0.151. The number of nitrogens with zero attached hydrogens (tertiary/aromatic N) is 6. The zero-order valence-electron chi connectivity index (χ0n) is 22.8. The number of carboxylic acid groups (broad SMARTS) is 1. The molecular formula is C30H35ClN6O3. The summed E-state index contributed by atoms with van der Waals surface area (Å²) in [5.74, 6) is 0.142. The maximum atomic E-state index is 13.1. The molecule has 210 valence electrons. The second-order valence-electron chi connectivity index (χ2n) is 11.5. The number of carbonyl (C=O) groups excluding carboxylic acids is 1. The molecule has 10 heteroatoms. The van der Waals surface area contributed by atoms with E-state index in [4.69, 9.17) is 16.6 Å². The molecule has 1 aliphatic carbocycles. The van der Waals surface area contributed by atoms with Crippen molar-refractivity contribution in [2.45, 2.75) is 57.5 Å². The normalized spacial score (nSPS) is 20.4. The molecule has 0 bridgehead atoms. The molecule has 0 spiro atoms. The first-order valence-corrected chi connectivity index (χ1v) is 14.5. The molecule has 3 aliphatic rings. The van der Waals surface area contributed by atoms with E-state index >= 15 is 0 Å². The Kier molecular flexibility index (Phi) is 7.27. The van der Waals surface area contributed by atoms with Gasteiger partial charge in [0.15, 0.2) is 5.69 Å². The summed E-state index contributed by atoms with van der Waals surface area (Å²) in [6.45, 7) is 3.01. The Labute approximate surface area is 239 Å². The maximum absolute atomic E-state index is 13.1. The van der Waals surface area contributed by atoms with E-state index < -0.39 is 11.4 Å². The summed E-state index contributed by atoms with van der Waals surface area (Å²) in [5.41, 5.74) is 2.40. The van der Waals surface area contributed by atoms with Gasteiger partial charge in [0.2, 0.25) is 0 Å². The molecule has 2 aliphatic heterocycles. The summed E-state index contributed by atoms with van der Waals surface area (Å²) in [5, 5.41) is 15.1. The molecule has 1 saturated carbocycles. The molecule has 2 fully saturated rings. The molecule has 1 aromatic carbocycles. The predicted octanol–water partition coefficient (Wildman–Crippen LogP) is 5.02. The number of amides is 1. The zero-order valence-corrected chi connectivity index (χ0v) is 23.6. The van der Waals surface area contributed by atoms with E-state index in [1.54, 1.807) is 27.9 Å². The van der Waals surface area contributed by atoms with E-state index in [9.17, 15) is 14.7 Å². The molecule has 4 heterocycles. The number of fused-ring (bicyclic) bond motifs is 1. The average Bonchev–Trinajstić information content (AvgIpc) is 3.70. The molecule has 1 saturated heterocycles. The SMILES string of the molecule is CN(CCC1(C(=O)O)CCCCC1)C1CCN(c2ccc(N3Cc4cn(-c5ccc(Cl)cc5)nc4C3=O)cn2)C1. The second-order valence-corrected chi connectivity index (χ2v) is 11.9. The van der Waals surface area contributed by atoms with Crippen LogP contribution in [0.5, 0.6) is 0 Å². The fraction of sp³-hybridized carbons (Fsp3) is 0.467. The quantitative estimate of drug-likeness (QED) is 0.412. The van der Waals surface area contributed by atoms with E-state index in [0.717, 1.165) is 80.9 Å². The highest BCUT2D eigenvalue weighted by molar-refractivity contribution is 6.30. The summed E-state index contributed by atoms with van der Waals surface area (Å²) in [4.78, 5) is 36.2. The first-order chi connectivity index (χ1) is 19.3. The third-order valence-corrected chi connectivity index (χ3v) is 9.27. The Hall–Kier alpha value is -3.43. The minimum Gasteiger partial charge on any atom is -0.481 e. The van der Waals surface area contributed by atoms with E-state index in [-0.39, 0.29) is 5.91 Å². The number of pyridine rings is 1. The molecular weight excluding hydrogens is 528 g/mol. The van der Waals surface area contributed by atoms with Crippen LogP contribution in [0.15, 0.2) is 48.8 Å². The van der Waals surface area contributed by atoms with Crippen LogP contribution in [0, 0.1) is 5.41 Å². The van der Waals surface area contributed by atoms with Crippen LogP contribution in [0.2, 0.25) is 5.02 Å². The minimum absolute atomic E-state index is 0.128. The Morgan fingerprint density at radius 3 is 2.55 bits per heavy atom. The molecule has 1 amide bonds. The summed E-state index contributed by atoms with van der Waals surface area (Å²) < 4.78 is 1.72. The lowest BCUT2D eigenvalue weighted by atomic mass is 9.72. The lowest BCUT2D eigenvalue weighted by Crippen LogP contribution is -2.40. The smallest absolute Gasteiger partial charge is 0.309 e. The van der Waals surface area contributed by atoms with Gasteiger partial charge in [0.1, 0.15) is 5.82 Å². The topological polar surface area (TPSA) is 94.8 Å². The van der Waals surface area contributed by atoms with E-state index in [2.05, 4.69) is 21.9 Å². The summed E-state index contributed by atoms with van der Waals surface area (Å²) in [6, 6.07) is 11.7. The number of likely N-dealkylation sites (N-methyl/N-ethyl adjacent to an activating group) is 1. The van der Waals surface area contributed by atoms with Gasteiger partial charge in [-0.15, -0.1) is 0 Å². The van der Waals surface area contributed by atoms with Crippen molar-refractivity contribution in [2.75, 3.05) is 36.5 Å². The number of anilines is 2. The first kappa shape index (κ1) is 26.8. The number of carboxylic acids is 1. The summed E-state index contributed by atoms with van der Waals surface area (Å²) in [7, 11) is 2.12. The number of hydrogen-bond acceptors (Lipinski definition) is 6. The molecule has 0 radical (unpaired) electrons. The third-order valence-electron chi connectivity index (χ3n) is 9.02. The van der Waals surface area contributed by atoms with Gasteiger partial charge in [0.05, 0.1) is 29.5 Å². The van der Waals surface area contributed by atoms with Crippen LogP contribution in [0.25, 0.3) is 5.69 Å². The van der Waals surface area contributed by atoms with Crippen LogP contribution in [-0.2, 0) is 11.3 Å². The van der Waals surface area contributed by atoms with Crippen molar-refractivity contribution in [1.82, 2.24) is 19.7 Å². The average molecular weight is 563 g/mol.